The van der Waals surface area contributed by atoms with Crippen molar-refractivity contribution >= 4 is 17.8 Å². The van der Waals surface area contributed by atoms with E-state index in [1.807, 2.05) is 47.2 Å². The van der Waals surface area contributed by atoms with Crippen LogP contribution in [0.5, 0.6) is 0 Å². The summed E-state index contributed by atoms with van der Waals surface area (Å²) in [6, 6.07) is 9.26. The van der Waals surface area contributed by atoms with Crippen LogP contribution in [0.4, 0.5) is 4.79 Å². The minimum absolute atomic E-state index is 0.0554. The highest BCUT2D eigenvalue weighted by molar-refractivity contribution is 5.91. The maximum absolute atomic E-state index is 13.7. The summed E-state index contributed by atoms with van der Waals surface area (Å²) in [5, 5.41) is 6.58. The molecule has 34 heavy (non-hydrogen) atoms. The lowest BCUT2D eigenvalue weighted by Gasteiger charge is -2.56. The summed E-state index contributed by atoms with van der Waals surface area (Å²) in [5.41, 5.74) is 1.02. The maximum Gasteiger partial charge on any atom is 0.334 e. The summed E-state index contributed by atoms with van der Waals surface area (Å²) in [7, 11) is 0. The van der Waals surface area contributed by atoms with Gasteiger partial charge in [-0.2, -0.15) is 0 Å². The largest absolute Gasteiger partial charge is 0.334 e. The van der Waals surface area contributed by atoms with Crippen molar-refractivity contribution in [2.45, 2.75) is 84.1 Å². The van der Waals surface area contributed by atoms with Crippen LogP contribution in [0, 0.1) is 5.92 Å². The molecule has 1 saturated carbocycles. The number of fused-ring (bicyclic) bond motifs is 1. The Labute approximate surface area is 203 Å². The Morgan fingerprint density at radius 1 is 1.09 bits per heavy atom. The smallest absolute Gasteiger partial charge is 0.334 e. The van der Waals surface area contributed by atoms with Crippen molar-refractivity contribution in [1.29, 1.82) is 0 Å². The van der Waals surface area contributed by atoms with E-state index >= 15 is 0 Å². The Morgan fingerprint density at radius 2 is 1.79 bits per heavy atom. The molecule has 3 fully saturated rings. The fourth-order valence-corrected chi connectivity index (χ4v) is 5.67. The average Bonchev–Trinajstić information content (AvgIpc) is 2.84. The number of nitrogens with zero attached hydrogens (tertiary/aromatic N) is 4. The first-order valence-corrected chi connectivity index (χ1v) is 12.9. The number of amides is 4. The zero-order valence-electron chi connectivity index (χ0n) is 20.8. The van der Waals surface area contributed by atoms with Crippen LogP contribution in [-0.2, 0) is 16.1 Å². The van der Waals surface area contributed by atoms with E-state index in [9.17, 15) is 14.4 Å². The van der Waals surface area contributed by atoms with Gasteiger partial charge in [0.05, 0.1) is 13.1 Å². The summed E-state index contributed by atoms with van der Waals surface area (Å²) in [6.07, 6.45) is 5.57. The van der Waals surface area contributed by atoms with Crippen LogP contribution in [0.15, 0.2) is 30.3 Å². The third-order valence-corrected chi connectivity index (χ3v) is 7.35. The highest BCUT2D eigenvalue weighted by Crippen LogP contribution is 2.33. The van der Waals surface area contributed by atoms with Crippen LogP contribution < -0.4 is 5.32 Å². The molecule has 1 N–H and O–H groups in total. The van der Waals surface area contributed by atoms with E-state index < -0.39 is 12.2 Å². The Bertz CT molecular complexity index is 870. The number of rotatable bonds is 6. The molecule has 8 nitrogen and oxygen atoms in total. The molecule has 0 spiro atoms. The van der Waals surface area contributed by atoms with Crippen LogP contribution in [0.25, 0.3) is 0 Å². The van der Waals surface area contributed by atoms with E-state index in [0.717, 1.165) is 31.2 Å². The number of hydrazine groups is 1. The third kappa shape index (κ3) is 5.06. The van der Waals surface area contributed by atoms with Gasteiger partial charge in [-0.3, -0.25) is 9.59 Å². The topological polar surface area (TPSA) is 76.2 Å². The molecule has 8 heteroatoms. The number of carbonyl (C=O) groups excluding carboxylic acids is 3. The fraction of sp³-hybridized carbons (Fsp3) is 0.654. The zero-order chi connectivity index (χ0) is 24.2. The quantitative estimate of drug-likeness (QED) is 0.694. The molecule has 2 atom stereocenters. The van der Waals surface area contributed by atoms with Gasteiger partial charge in [0.25, 0.3) is 0 Å². The second-order valence-corrected chi connectivity index (χ2v) is 10.2. The lowest BCUT2D eigenvalue weighted by molar-refractivity contribution is -0.193. The van der Waals surface area contributed by atoms with Gasteiger partial charge in [0.1, 0.15) is 12.2 Å². The second-order valence-electron chi connectivity index (χ2n) is 10.2. The monoisotopic (exact) mass is 469 g/mol. The second kappa shape index (κ2) is 10.8. The summed E-state index contributed by atoms with van der Waals surface area (Å²) in [5.74, 6) is 0.249. The molecule has 2 aliphatic heterocycles. The van der Waals surface area contributed by atoms with Crippen molar-refractivity contribution in [2.24, 2.45) is 5.92 Å². The molecule has 3 aliphatic rings. The maximum atomic E-state index is 13.7. The van der Waals surface area contributed by atoms with Crippen molar-refractivity contribution in [3.8, 4) is 0 Å². The molecule has 0 unspecified atom stereocenters. The summed E-state index contributed by atoms with van der Waals surface area (Å²) >= 11 is 0. The normalized spacial score (nSPS) is 24.5. The summed E-state index contributed by atoms with van der Waals surface area (Å²) in [6.45, 7) is 7.56. The predicted molar refractivity (Wildman–Crippen MR) is 130 cm³/mol. The summed E-state index contributed by atoms with van der Waals surface area (Å²) < 4.78 is 0. The number of hydrogen-bond acceptors (Lipinski definition) is 4. The zero-order valence-corrected chi connectivity index (χ0v) is 20.8. The van der Waals surface area contributed by atoms with E-state index in [-0.39, 0.29) is 36.3 Å². The Kier molecular flexibility index (Phi) is 7.76. The van der Waals surface area contributed by atoms with E-state index in [1.54, 1.807) is 9.91 Å². The van der Waals surface area contributed by atoms with Gasteiger partial charge in [0, 0.05) is 19.1 Å². The highest BCUT2D eigenvalue weighted by atomic mass is 16.2. The number of urea groups is 1. The van der Waals surface area contributed by atoms with E-state index in [0.29, 0.717) is 26.1 Å². The van der Waals surface area contributed by atoms with Crippen molar-refractivity contribution in [3.05, 3.63) is 35.9 Å². The Balaban J connectivity index is 1.63. The minimum Gasteiger partial charge on any atom is -0.334 e. The van der Waals surface area contributed by atoms with Crippen LogP contribution in [0.2, 0.25) is 0 Å². The number of benzene rings is 1. The van der Waals surface area contributed by atoms with Crippen LogP contribution >= 0.6 is 0 Å². The van der Waals surface area contributed by atoms with Crippen molar-refractivity contribution in [1.82, 2.24) is 25.1 Å². The summed E-state index contributed by atoms with van der Waals surface area (Å²) in [4.78, 5) is 44.3. The van der Waals surface area contributed by atoms with Crippen molar-refractivity contribution in [2.75, 3.05) is 19.6 Å². The molecule has 2 saturated heterocycles. The molecule has 4 amide bonds. The highest BCUT2D eigenvalue weighted by Gasteiger charge is 2.52. The Hall–Kier alpha value is -2.61. The van der Waals surface area contributed by atoms with Gasteiger partial charge in [0.2, 0.25) is 11.8 Å². The van der Waals surface area contributed by atoms with Gasteiger partial charge < -0.3 is 15.1 Å². The molecule has 2 heterocycles. The van der Waals surface area contributed by atoms with Crippen LogP contribution in [0.3, 0.4) is 0 Å². The first-order valence-electron chi connectivity index (χ1n) is 12.9. The predicted octanol–water partition coefficient (Wildman–Crippen LogP) is 3.19. The van der Waals surface area contributed by atoms with Gasteiger partial charge in [0.15, 0.2) is 0 Å². The van der Waals surface area contributed by atoms with E-state index in [2.05, 4.69) is 19.2 Å². The fourth-order valence-electron chi connectivity index (χ4n) is 5.67. The van der Waals surface area contributed by atoms with Crippen LogP contribution in [0.1, 0.15) is 64.9 Å². The van der Waals surface area contributed by atoms with Gasteiger partial charge in [-0.25, -0.2) is 14.8 Å². The van der Waals surface area contributed by atoms with E-state index in [4.69, 9.17) is 0 Å². The Morgan fingerprint density at radius 3 is 2.44 bits per heavy atom. The van der Waals surface area contributed by atoms with Crippen molar-refractivity contribution in [3.63, 3.8) is 0 Å². The molecular formula is C26H39N5O3. The van der Waals surface area contributed by atoms with Gasteiger partial charge in [-0.1, -0.05) is 70.4 Å². The number of likely N-dealkylation sites (N-methyl/N-ethyl adjacent to an activating group) is 1. The van der Waals surface area contributed by atoms with E-state index in [1.165, 1.54) is 6.42 Å². The first-order chi connectivity index (χ1) is 16.4. The first kappa shape index (κ1) is 24.5. The molecule has 0 radical (unpaired) electrons. The SMILES string of the molecule is CCN1CC(=O)N2[C@@H](CC(C)C)C(=O)N(C3CCCCC3)C[C@@H]2N1C(=O)NCc1ccccc1. The molecule has 1 aromatic carbocycles. The number of nitrogens with one attached hydrogen (secondary N) is 1. The molecule has 1 aromatic rings. The molecule has 186 valence electrons. The standard InChI is InChI=1S/C26H39N5O3/c1-4-28-18-24(32)30-22(15-19(2)3)25(33)29(21-13-9-6-10-14-21)17-23(30)31(28)26(34)27-16-20-11-7-5-8-12-20/h5,7-8,11-12,19,21-23H,4,6,9-10,13-18H2,1-3H3,(H,27,34)/t22-,23-/m0/s1. The molecular weight excluding hydrogens is 430 g/mol. The minimum atomic E-state index is -0.517. The van der Waals surface area contributed by atoms with Gasteiger partial charge in [-0.05, 0) is 30.7 Å². The lowest BCUT2D eigenvalue weighted by atomic mass is 9.90. The third-order valence-electron chi connectivity index (χ3n) is 7.35. The van der Waals surface area contributed by atoms with Gasteiger partial charge in [-0.15, -0.1) is 0 Å². The van der Waals surface area contributed by atoms with Crippen LogP contribution in [-0.4, -0.2) is 75.5 Å². The molecule has 4 rings (SSSR count). The number of carbonyl (C=O) groups is 3. The molecule has 0 aromatic heterocycles. The average molecular weight is 470 g/mol. The lowest BCUT2D eigenvalue weighted by Crippen LogP contribution is -2.77. The molecule has 1 aliphatic carbocycles. The number of piperazine rings is 1. The molecule has 0 bridgehead atoms. The van der Waals surface area contributed by atoms with Crippen molar-refractivity contribution < 1.29 is 14.4 Å². The number of hydrogen-bond donors (Lipinski definition) is 1. The van der Waals surface area contributed by atoms with Gasteiger partial charge >= 0.3 is 6.03 Å².